The molecule has 8 heteroatoms. The Morgan fingerprint density at radius 3 is 2.59 bits per heavy atom. The van der Waals surface area contributed by atoms with Gasteiger partial charge < -0.3 is 10.0 Å². The van der Waals surface area contributed by atoms with Gasteiger partial charge in [-0.1, -0.05) is 23.9 Å². The molecule has 0 unspecified atom stereocenters. The number of benzene rings is 1. The molecule has 150 valence electrons. The van der Waals surface area contributed by atoms with Gasteiger partial charge in [-0.25, -0.2) is 9.97 Å². The summed E-state index contributed by atoms with van der Waals surface area (Å²) in [7, 11) is 4.33. The first-order valence-corrected chi connectivity index (χ1v) is 11.2. The van der Waals surface area contributed by atoms with E-state index in [9.17, 15) is 5.11 Å². The van der Waals surface area contributed by atoms with Gasteiger partial charge in [-0.3, -0.25) is 4.57 Å². The molecule has 5 nitrogen and oxygen atoms in total. The van der Waals surface area contributed by atoms with Crippen molar-refractivity contribution in [3.63, 3.8) is 0 Å². The smallest absolute Gasteiger partial charge is 0.150 e. The third-order valence-electron chi connectivity index (χ3n) is 6.01. The van der Waals surface area contributed by atoms with Crippen LogP contribution in [0.25, 0.3) is 16.7 Å². The normalized spacial score (nSPS) is 15.4. The predicted molar refractivity (Wildman–Crippen MR) is 128 cm³/mol. The molecule has 0 amide bonds. The Bertz CT molecular complexity index is 1060. The summed E-state index contributed by atoms with van der Waals surface area (Å²) in [5.41, 5.74) is 5.88. The summed E-state index contributed by atoms with van der Waals surface area (Å²) in [4.78, 5) is 12.1. The molecule has 2 aromatic heterocycles. The van der Waals surface area contributed by atoms with E-state index in [2.05, 4.69) is 66.3 Å². The summed E-state index contributed by atoms with van der Waals surface area (Å²) in [5, 5.41) is 10.6. The van der Waals surface area contributed by atoms with Gasteiger partial charge in [-0.05, 0) is 59.7 Å². The van der Waals surface area contributed by atoms with Gasteiger partial charge in [0.1, 0.15) is 27.3 Å². The molecule has 0 spiro atoms. The molecule has 1 aliphatic heterocycles. The molecule has 1 aromatic carbocycles. The SMILES string of the molecule is BCc1cc(B)cc(Br)c1-n1cc(C)c2c(N3CCC(CO)CC3)nc(C)nc21. The number of aromatic nitrogens is 3. The van der Waals surface area contributed by atoms with E-state index in [1.54, 1.807) is 0 Å². The summed E-state index contributed by atoms with van der Waals surface area (Å²) in [5.74, 6) is 2.23. The quantitative estimate of drug-likeness (QED) is 0.608. The van der Waals surface area contributed by atoms with Gasteiger partial charge >= 0.3 is 0 Å². The highest BCUT2D eigenvalue weighted by molar-refractivity contribution is 9.10. The van der Waals surface area contributed by atoms with Crippen LogP contribution in [0.4, 0.5) is 5.82 Å². The molecular formula is C21H27B2BrN4O. The van der Waals surface area contributed by atoms with Crippen LogP contribution < -0.4 is 10.4 Å². The number of hydrogen-bond acceptors (Lipinski definition) is 4. The number of anilines is 1. The van der Waals surface area contributed by atoms with E-state index in [0.717, 1.165) is 59.4 Å². The zero-order valence-electron chi connectivity index (χ0n) is 17.7. The van der Waals surface area contributed by atoms with Crippen molar-refractivity contribution in [3.8, 4) is 5.69 Å². The van der Waals surface area contributed by atoms with E-state index < -0.39 is 0 Å². The maximum atomic E-state index is 9.48. The molecule has 1 N–H and O–H groups in total. The molecular weight excluding hydrogens is 426 g/mol. The maximum absolute atomic E-state index is 9.48. The van der Waals surface area contributed by atoms with Crippen LogP contribution in [0.15, 0.2) is 22.8 Å². The number of nitrogens with zero attached hydrogens (tertiary/aromatic N) is 4. The molecule has 4 rings (SSSR count). The van der Waals surface area contributed by atoms with Gasteiger partial charge in [0.15, 0.2) is 5.65 Å². The van der Waals surface area contributed by atoms with Crippen LogP contribution in [0.1, 0.15) is 29.8 Å². The van der Waals surface area contributed by atoms with Crippen molar-refractivity contribution in [1.29, 1.82) is 0 Å². The number of fused-ring (bicyclic) bond motifs is 1. The largest absolute Gasteiger partial charge is 0.396 e. The second-order valence-corrected chi connectivity index (χ2v) is 9.05. The minimum absolute atomic E-state index is 0.280. The monoisotopic (exact) mass is 452 g/mol. The lowest BCUT2D eigenvalue weighted by atomic mass is 9.88. The number of halogens is 1. The standard InChI is InChI=1S/C21H27B2BrN4O/c1-12-10-28(19-15(9-22)7-16(23)8-17(19)24)21-18(12)20(25-13(2)26-21)27-5-3-14(11-29)4-6-27/h7-8,10,14,29H,3-6,9,11,22-23H2,1-2H3. The van der Waals surface area contributed by atoms with Gasteiger partial charge in [-0.15, -0.1) is 0 Å². The molecule has 29 heavy (non-hydrogen) atoms. The van der Waals surface area contributed by atoms with E-state index >= 15 is 0 Å². The van der Waals surface area contributed by atoms with E-state index in [1.165, 1.54) is 22.3 Å². The van der Waals surface area contributed by atoms with Crippen LogP contribution in [0.3, 0.4) is 0 Å². The number of rotatable bonds is 4. The number of piperidine rings is 1. The van der Waals surface area contributed by atoms with Gasteiger partial charge in [0.25, 0.3) is 0 Å². The third-order valence-corrected chi connectivity index (χ3v) is 6.61. The molecule has 1 saturated heterocycles. The number of aliphatic hydroxyl groups excluding tert-OH is 1. The zero-order valence-corrected chi connectivity index (χ0v) is 19.3. The van der Waals surface area contributed by atoms with Crippen molar-refractivity contribution in [1.82, 2.24) is 14.5 Å². The molecule has 0 saturated carbocycles. The highest BCUT2D eigenvalue weighted by Gasteiger charge is 2.24. The van der Waals surface area contributed by atoms with Crippen molar-refractivity contribution < 1.29 is 5.11 Å². The third kappa shape index (κ3) is 3.73. The van der Waals surface area contributed by atoms with E-state index in [4.69, 9.17) is 9.97 Å². The van der Waals surface area contributed by atoms with Crippen LogP contribution in [0.5, 0.6) is 0 Å². The molecule has 0 bridgehead atoms. The Labute approximate surface area is 182 Å². The molecule has 0 radical (unpaired) electrons. The first-order valence-electron chi connectivity index (χ1n) is 10.4. The van der Waals surface area contributed by atoms with Gasteiger partial charge in [0.05, 0.1) is 11.1 Å². The molecule has 1 aliphatic rings. The average molecular weight is 453 g/mol. The summed E-state index contributed by atoms with van der Waals surface area (Å²) < 4.78 is 3.32. The van der Waals surface area contributed by atoms with E-state index in [-0.39, 0.29) is 6.61 Å². The minimum atomic E-state index is 0.280. The van der Waals surface area contributed by atoms with Crippen molar-refractivity contribution >= 4 is 53.9 Å². The lowest BCUT2D eigenvalue weighted by molar-refractivity contribution is 0.203. The Kier molecular flexibility index (Phi) is 5.76. The molecule has 0 atom stereocenters. The van der Waals surface area contributed by atoms with Crippen LogP contribution >= 0.6 is 15.9 Å². The Hall–Kier alpha value is -1.79. The molecule has 1 fully saturated rings. The molecule has 3 aromatic rings. The van der Waals surface area contributed by atoms with Crippen molar-refractivity contribution in [2.75, 3.05) is 24.6 Å². The second-order valence-electron chi connectivity index (χ2n) is 8.20. The van der Waals surface area contributed by atoms with E-state index in [1.807, 2.05) is 6.92 Å². The summed E-state index contributed by atoms with van der Waals surface area (Å²) in [6, 6.07) is 4.43. The molecule has 3 heterocycles. The summed E-state index contributed by atoms with van der Waals surface area (Å²) in [6.07, 6.45) is 5.16. The fourth-order valence-electron chi connectivity index (χ4n) is 4.46. The fraction of sp³-hybridized carbons (Fsp3) is 0.429. The maximum Gasteiger partial charge on any atom is 0.150 e. The van der Waals surface area contributed by atoms with Crippen LogP contribution in [-0.2, 0) is 6.32 Å². The predicted octanol–water partition coefficient (Wildman–Crippen LogP) is 1.40. The Morgan fingerprint density at radius 1 is 1.21 bits per heavy atom. The van der Waals surface area contributed by atoms with Crippen LogP contribution in [0.2, 0.25) is 0 Å². The summed E-state index contributed by atoms with van der Waals surface area (Å²) in [6.45, 7) is 6.25. The Balaban J connectivity index is 1.89. The highest BCUT2D eigenvalue weighted by atomic mass is 79.9. The van der Waals surface area contributed by atoms with Gasteiger partial charge in [0, 0.05) is 30.4 Å². The lowest BCUT2D eigenvalue weighted by Gasteiger charge is -2.32. The number of aliphatic hydroxyl groups is 1. The average Bonchev–Trinajstić information content (AvgIpc) is 3.02. The first-order chi connectivity index (χ1) is 13.9. The second kappa shape index (κ2) is 8.15. The van der Waals surface area contributed by atoms with Crippen molar-refractivity contribution in [2.45, 2.75) is 33.0 Å². The minimum Gasteiger partial charge on any atom is -0.396 e. The van der Waals surface area contributed by atoms with Crippen LogP contribution in [-0.4, -0.2) is 55.0 Å². The summed E-state index contributed by atoms with van der Waals surface area (Å²) >= 11 is 3.80. The first kappa shape index (κ1) is 20.5. The number of aryl methyl sites for hydroxylation is 2. The topological polar surface area (TPSA) is 54.2 Å². The molecule has 0 aliphatic carbocycles. The lowest BCUT2D eigenvalue weighted by Crippen LogP contribution is -2.35. The van der Waals surface area contributed by atoms with Gasteiger partial charge in [0.2, 0.25) is 0 Å². The van der Waals surface area contributed by atoms with Crippen molar-refractivity contribution in [3.05, 3.63) is 39.8 Å². The zero-order chi connectivity index (χ0) is 20.7. The van der Waals surface area contributed by atoms with Crippen molar-refractivity contribution in [2.24, 2.45) is 5.92 Å². The van der Waals surface area contributed by atoms with Crippen LogP contribution in [0, 0.1) is 19.8 Å². The number of hydrogen-bond donors (Lipinski definition) is 1. The Morgan fingerprint density at radius 2 is 1.93 bits per heavy atom. The van der Waals surface area contributed by atoms with Gasteiger partial charge in [-0.2, -0.15) is 0 Å². The fourth-order valence-corrected chi connectivity index (χ4v) is 5.27. The van der Waals surface area contributed by atoms with E-state index in [0.29, 0.717) is 5.92 Å². The highest BCUT2D eigenvalue weighted by Crippen LogP contribution is 2.35.